The molecule has 2 aromatic heterocycles. The summed E-state index contributed by atoms with van der Waals surface area (Å²) in [5.74, 6) is 0.783. The number of imidazole rings is 1. The van der Waals surface area contributed by atoms with Gasteiger partial charge in [0.25, 0.3) is 0 Å². The van der Waals surface area contributed by atoms with Crippen LogP contribution in [0.5, 0.6) is 5.75 Å². The van der Waals surface area contributed by atoms with E-state index in [9.17, 15) is 26.7 Å². The molecular formula is C29H24ClF3N6O3S. The lowest BCUT2D eigenvalue weighted by atomic mass is 10.1. The molecule has 5 aromatic rings. The third-order valence-electron chi connectivity index (χ3n) is 6.30. The quantitative estimate of drug-likeness (QED) is 0.132. The zero-order valence-electron chi connectivity index (χ0n) is 22.2. The summed E-state index contributed by atoms with van der Waals surface area (Å²) in [5.41, 5.74) is 2.16. The number of alkyl halides is 3. The van der Waals surface area contributed by atoms with Crippen molar-refractivity contribution in [3.8, 4) is 39.8 Å². The maximum atomic E-state index is 12.8. The van der Waals surface area contributed by atoms with Crippen LogP contribution in [0.25, 0.3) is 34.0 Å². The van der Waals surface area contributed by atoms with Gasteiger partial charge in [0.15, 0.2) is 0 Å². The zero-order chi connectivity index (χ0) is 30.6. The molecule has 43 heavy (non-hydrogen) atoms. The molecule has 0 aliphatic rings. The molecule has 222 valence electrons. The summed E-state index contributed by atoms with van der Waals surface area (Å²) in [5, 5.41) is 13.5. The molecule has 0 unspecified atom stereocenters. The van der Waals surface area contributed by atoms with Crippen molar-refractivity contribution in [2.75, 3.05) is 18.4 Å². The summed E-state index contributed by atoms with van der Waals surface area (Å²) >= 11 is 6.01. The van der Waals surface area contributed by atoms with Gasteiger partial charge in [-0.3, -0.25) is 0 Å². The number of aromatic hydroxyl groups is 1. The van der Waals surface area contributed by atoms with Gasteiger partial charge in [0.05, 0.1) is 32.6 Å². The highest BCUT2D eigenvalue weighted by molar-refractivity contribution is 7.89. The van der Waals surface area contributed by atoms with Crippen LogP contribution in [-0.4, -0.2) is 46.5 Å². The molecule has 4 N–H and O–H groups in total. The molecule has 0 saturated heterocycles. The highest BCUT2D eigenvalue weighted by Crippen LogP contribution is 2.36. The SMILES string of the molecule is O=S(=O)(NCCCNc1nccc(-c2[nH]c(-c3ccccc3)nc2-c2ccc(Cl)c(O)c2)n1)c1ccc(C(F)(F)F)cc1. The third kappa shape index (κ3) is 7.13. The van der Waals surface area contributed by atoms with Crippen molar-refractivity contribution >= 4 is 27.6 Å². The summed E-state index contributed by atoms with van der Waals surface area (Å²) in [4.78, 5) is 16.6. The van der Waals surface area contributed by atoms with E-state index in [-0.39, 0.29) is 28.2 Å². The van der Waals surface area contributed by atoms with E-state index in [2.05, 4.69) is 25.0 Å². The maximum absolute atomic E-state index is 12.8. The van der Waals surface area contributed by atoms with Gasteiger partial charge in [-0.1, -0.05) is 48.0 Å². The number of phenolic OH excluding ortho intramolecular Hbond substituents is 1. The van der Waals surface area contributed by atoms with Gasteiger partial charge in [-0.25, -0.2) is 28.1 Å². The van der Waals surface area contributed by atoms with E-state index in [1.807, 2.05) is 30.3 Å². The van der Waals surface area contributed by atoms with Crippen LogP contribution in [0.3, 0.4) is 0 Å². The molecule has 2 heterocycles. The summed E-state index contributed by atoms with van der Waals surface area (Å²) in [7, 11) is -3.98. The predicted molar refractivity (Wildman–Crippen MR) is 157 cm³/mol. The third-order valence-corrected chi connectivity index (χ3v) is 8.10. The molecule has 9 nitrogen and oxygen atoms in total. The number of rotatable bonds is 10. The molecule has 14 heteroatoms. The van der Waals surface area contributed by atoms with E-state index in [4.69, 9.17) is 16.6 Å². The fraction of sp³-hybridized carbons (Fsp3) is 0.138. The van der Waals surface area contributed by atoms with Crippen LogP contribution < -0.4 is 10.0 Å². The lowest BCUT2D eigenvalue weighted by Gasteiger charge is -2.10. The molecule has 0 amide bonds. The number of nitrogens with zero attached hydrogens (tertiary/aromatic N) is 3. The minimum absolute atomic E-state index is 0.0290. The van der Waals surface area contributed by atoms with Crippen molar-refractivity contribution in [3.05, 3.63) is 95.6 Å². The number of hydrogen-bond acceptors (Lipinski definition) is 7. The largest absolute Gasteiger partial charge is 0.506 e. The molecule has 0 bridgehead atoms. The summed E-state index contributed by atoms with van der Waals surface area (Å²) < 4.78 is 65.6. The van der Waals surface area contributed by atoms with Crippen molar-refractivity contribution < 1.29 is 26.7 Å². The highest BCUT2D eigenvalue weighted by atomic mass is 35.5. The second kappa shape index (κ2) is 12.4. The number of anilines is 1. The Morgan fingerprint density at radius 2 is 1.65 bits per heavy atom. The number of phenols is 1. The van der Waals surface area contributed by atoms with Crippen LogP contribution in [0.2, 0.25) is 5.02 Å². The first kappa shape index (κ1) is 30.0. The Morgan fingerprint density at radius 1 is 0.907 bits per heavy atom. The monoisotopic (exact) mass is 628 g/mol. The van der Waals surface area contributed by atoms with Crippen molar-refractivity contribution in [2.24, 2.45) is 0 Å². The van der Waals surface area contributed by atoms with Crippen LogP contribution in [0.15, 0.2) is 90.0 Å². The van der Waals surface area contributed by atoms with Crippen molar-refractivity contribution in [1.82, 2.24) is 24.7 Å². The molecule has 0 aliphatic carbocycles. The molecule has 0 saturated carbocycles. The Kier molecular flexibility index (Phi) is 8.67. The first-order chi connectivity index (χ1) is 20.5. The number of nitrogens with one attached hydrogen (secondary N) is 3. The number of H-pyrrole nitrogens is 1. The summed E-state index contributed by atoms with van der Waals surface area (Å²) in [6, 6.07) is 19.3. The average molecular weight is 629 g/mol. The lowest BCUT2D eigenvalue weighted by Crippen LogP contribution is -2.26. The number of aromatic nitrogens is 4. The standard InChI is InChI=1S/C29H24ClF3N6O3S/c30-22-12-7-19(17-24(22)40)25-26(39-27(38-25)18-5-2-1-3-6-18)23-13-16-35-28(37-23)34-14-4-15-36-43(41,42)21-10-8-20(9-11-21)29(31,32)33/h1-3,5-13,16-17,36,40H,4,14-15H2,(H,38,39)(H,34,35,37). The summed E-state index contributed by atoms with van der Waals surface area (Å²) in [6.07, 6.45) is -2.65. The summed E-state index contributed by atoms with van der Waals surface area (Å²) in [6.45, 7) is 0.330. The van der Waals surface area contributed by atoms with E-state index < -0.39 is 21.8 Å². The normalized spacial score (nSPS) is 11.9. The fourth-order valence-electron chi connectivity index (χ4n) is 4.14. The molecule has 0 atom stereocenters. The molecule has 0 radical (unpaired) electrons. The molecule has 3 aromatic carbocycles. The Labute approximate surface area is 249 Å². The molecule has 0 spiro atoms. The second-order valence-corrected chi connectivity index (χ2v) is 11.5. The van der Waals surface area contributed by atoms with Crippen molar-refractivity contribution in [1.29, 1.82) is 0 Å². The van der Waals surface area contributed by atoms with Crippen molar-refractivity contribution in [3.63, 3.8) is 0 Å². The van der Waals surface area contributed by atoms with Gasteiger partial charge in [0.1, 0.15) is 11.6 Å². The van der Waals surface area contributed by atoms with Gasteiger partial charge in [0.2, 0.25) is 16.0 Å². The highest BCUT2D eigenvalue weighted by Gasteiger charge is 2.30. The predicted octanol–water partition coefficient (Wildman–Crippen LogP) is 6.36. The topological polar surface area (TPSA) is 133 Å². The van der Waals surface area contributed by atoms with E-state index in [0.29, 0.717) is 41.4 Å². The maximum Gasteiger partial charge on any atom is 0.416 e. The van der Waals surface area contributed by atoms with E-state index in [1.165, 1.54) is 6.07 Å². The first-order valence-electron chi connectivity index (χ1n) is 12.9. The number of benzene rings is 3. The average Bonchev–Trinajstić information content (AvgIpc) is 3.44. The minimum atomic E-state index is -4.55. The smallest absolute Gasteiger partial charge is 0.416 e. The number of sulfonamides is 1. The van der Waals surface area contributed by atoms with E-state index in [1.54, 1.807) is 24.4 Å². The Bertz CT molecular complexity index is 1830. The molecule has 0 aliphatic heterocycles. The van der Waals surface area contributed by atoms with Crippen LogP contribution in [0.4, 0.5) is 19.1 Å². The fourth-order valence-corrected chi connectivity index (χ4v) is 5.34. The van der Waals surface area contributed by atoms with E-state index in [0.717, 1.165) is 29.8 Å². The van der Waals surface area contributed by atoms with Crippen LogP contribution in [-0.2, 0) is 16.2 Å². The second-order valence-electron chi connectivity index (χ2n) is 9.31. The number of hydrogen-bond donors (Lipinski definition) is 4. The minimum Gasteiger partial charge on any atom is -0.506 e. The number of halogens is 4. The Balaban J connectivity index is 1.28. The van der Waals surface area contributed by atoms with Crippen LogP contribution in [0, 0.1) is 0 Å². The molecular weight excluding hydrogens is 605 g/mol. The van der Waals surface area contributed by atoms with E-state index >= 15 is 0 Å². The van der Waals surface area contributed by atoms with Gasteiger partial charge in [-0.15, -0.1) is 0 Å². The van der Waals surface area contributed by atoms with Gasteiger partial charge >= 0.3 is 6.18 Å². The van der Waals surface area contributed by atoms with Crippen LogP contribution >= 0.6 is 11.6 Å². The number of aromatic amines is 1. The Hall–Kier alpha value is -4.46. The van der Waals surface area contributed by atoms with Gasteiger partial charge in [0, 0.05) is 30.4 Å². The Morgan fingerprint density at radius 3 is 2.35 bits per heavy atom. The molecule has 5 rings (SSSR count). The van der Waals surface area contributed by atoms with Crippen molar-refractivity contribution in [2.45, 2.75) is 17.5 Å². The van der Waals surface area contributed by atoms with Gasteiger partial charge in [-0.05, 0) is 48.9 Å². The molecule has 0 fully saturated rings. The van der Waals surface area contributed by atoms with Crippen LogP contribution in [0.1, 0.15) is 12.0 Å². The lowest BCUT2D eigenvalue weighted by molar-refractivity contribution is -0.137. The van der Waals surface area contributed by atoms with Gasteiger partial charge in [-0.2, -0.15) is 13.2 Å². The van der Waals surface area contributed by atoms with Gasteiger partial charge < -0.3 is 15.4 Å². The first-order valence-corrected chi connectivity index (χ1v) is 14.8. The zero-order valence-corrected chi connectivity index (χ0v) is 23.8.